The molecule has 3 aliphatic rings. The van der Waals surface area contributed by atoms with E-state index in [9.17, 15) is 24.6 Å². The summed E-state index contributed by atoms with van der Waals surface area (Å²) in [5, 5.41) is 24.5. The molecule has 5 N–H and O–H groups in total. The Hall–Kier alpha value is -4.17. The van der Waals surface area contributed by atoms with Crippen molar-refractivity contribution in [3.8, 4) is 11.5 Å². The van der Waals surface area contributed by atoms with E-state index >= 15 is 0 Å². The summed E-state index contributed by atoms with van der Waals surface area (Å²) in [6.07, 6.45) is 0.338. The van der Waals surface area contributed by atoms with Crippen molar-refractivity contribution in [2.24, 2.45) is 11.8 Å². The lowest BCUT2D eigenvalue weighted by atomic mass is 9.76. The molecule has 3 aliphatic heterocycles. The third-order valence-corrected chi connectivity index (χ3v) is 7.56. The maximum Gasteiger partial charge on any atom is 0.291 e. The van der Waals surface area contributed by atoms with Gasteiger partial charge in [0, 0.05) is 12.0 Å². The highest BCUT2D eigenvalue weighted by Gasteiger charge is 2.74. The molecule has 4 atom stereocenters. The first-order chi connectivity index (χ1) is 16.9. The molecule has 0 aromatic heterocycles. The number of rotatable bonds is 4. The molecule has 1 spiro atoms. The molecular weight excluding hydrogens is 446 g/mol. The van der Waals surface area contributed by atoms with E-state index in [1.807, 2.05) is 53.8 Å². The monoisotopic (exact) mass is 470 g/mol. The van der Waals surface area contributed by atoms with E-state index in [0.717, 1.165) is 5.56 Å². The van der Waals surface area contributed by atoms with Crippen molar-refractivity contribution < 1.29 is 29.9 Å². The van der Waals surface area contributed by atoms with Crippen LogP contribution in [-0.2, 0) is 32.9 Å². The molecule has 2 fully saturated rings. The predicted octanol–water partition coefficient (Wildman–Crippen LogP) is 1.23. The molecule has 8 nitrogen and oxygen atoms in total. The van der Waals surface area contributed by atoms with Gasteiger partial charge in [-0.25, -0.2) is 0 Å². The molecule has 0 saturated carbocycles. The lowest BCUT2D eigenvalue weighted by molar-refractivity contribution is -0.733. The summed E-state index contributed by atoms with van der Waals surface area (Å²) in [5.74, 6) is -2.98. The number of hydrogen-bond acceptors (Lipinski definition) is 5. The summed E-state index contributed by atoms with van der Waals surface area (Å²) in [6, 6.07) is 20.7. The van der Waals surface area contributed by atoms with Gasteiger partial charge in [-0.3, -0.25) is 19.3 Å². The smallest absolute Gasteiger partial charge is 0.291 e. The number of para-hydroxylation sites is 1. The molecule has 3 heterocycles. The quantitative estimate of drug-likeness (QED) is 0.337. The Bertz CT molecular complexity index is 1370. The molecule has 3 amide bonds. The minimum absolute atomic E-state index is 0.150. The number of benzene rings is 3. The SMILES string of the molecule is O=C1[C@H]2[C@H](Cc3ccc(O)c(O)c3)[NH2+][C@]3(C(=O)Nc4ccccc43)[C@H]2C(=O)N1Cc1ccccc1. The second kappa shape index (κ2) is 7.68. The molecule has 8 heteroatoms. The summed E-state index contributed by atoms with van der Waals surface area (Å²) >= 11 is 0. The number of carbonyl (C=O) groups excluding carboxylic acids is 3. The van der Waals surface area contributed by atoms with Crippen LogP contribution in [0.15, 0.2) is 72.8 Å². The van der Waals surface area contributed by atoms with Crippen LogP contribution in [0.5, 0.6) is 11.5 Å². The standard InChI is InChI=1S/C27H23N3O5/c31-20-11-10-16(13-21(20)32)12-19-22-23(25(34)30(24(22)33)14-15-6-2-1-3-7-15)27(29-19)17-8-4-5-9-18(17)28-26(27)35/h1-11,13,19,22-23,29,31-32H,12,14H2,(H,28,35)/p+1/t19-,22-,23+,27-/m0/s1. The van der Waals surface area contributed by atoms with Gasteiger partial charge in [0.05, 0.1) is 12.2 Å². The number of aromatic hydroxyl groups is 2. The highest BCUT2D eigenvalue weighted by molar-refractivity contribution is 6.13. The topological polar surface area (TPSA) is 124 Å². The van der Waals surface area contributed by atoms with Crippen molar-refractivity contribution in [1.82, 2.24) is 4.90 Å². The first kappa shape index (κ1) is 21.4. The maximum absolute atomic E-state index is 13.8. The van der Waals surface area contributed by atoms with Crippen LogP contribution >= 0.6 is 0 Å². The summed E-state index contributed by atoms with van der Waals surface area (Å²) in [6.45, 7) is 0.150. The first-order valence-electron chi connectivity index (χ1n) is 11.6. The normalized spacial score (nSPS) is 26.8. The zero-order valence-corrected chi connectivity index (χ0v) is 18.7. The van der Waals surface area contributed by atoms with Gasteiger partial charge in [-0.1, -0.05) is 54.6 Å². The molecule has 0 bridgehead atoms. The molecule has 6 rings (SSSR count). The summed E-state index contributed by atoms with van der Waals surface area (Å²) < 4.78 is 0. The average molecular weight is 471 g/mol. The number of nitrogens with two attached hydrogens (primary N) is 1. The predicted molar refractivity (Wildman–Crippen MR) is 125 cm³/mol. The van der Waals surface area contributed by atoms with Crippen molar-refractivity contribution in [2.75, 3.05) is 5.32 Å². The zero-order valence-electron chi connectivity index (χ0n) is 18.7. The van der Waals surface area contributed by atoms with Crippen molar-refractivity contribution in [1.29, 1.82) is 0 Å². The van der Waals surface area contributed by atoms with E-state index in [2.05, 4.69) is 5.32 Å². The minimum atomic E-state index is -1.25. The Balaban J connectivity index is 1.44. The zero-order chi connectivity index (χ0) is 24.3. The minimum Gasteiger partial charge on any atom is -0.504 e. The second-order valence-electron chi connectivity index (χ2n) is 9.48. The number of amides is 3. The Morgan fingerprint density at radius 3 is 2.37 bits per heavy atom. The van der Waals surface area contributed by atoms with E-state index in [1.165, 1.54) is 17.0 Å². The molecule has 176 valence electrons. The number of nitrogens with one attached hydrogen (secondary N) is 1. The van der Waals surface area contributed by atoms with E-state index in [1.54, 1.807) is 12.1 Å². The molecule has 3 aromatic rings. The van der Waals surface area contributed by atoms with Gasteiger partial charge in [0.1, 0.15) is 17.9 Å². The second-order valence-corrected chi connectivity index (χ2v) is 9.48. The Morgan fingerprint density at radius 2 is 1.60 bits per heavy atom. The van der Waals surface area contributed by atoms with Gasteiger partial charge in [0.2, 0.25) is 17.4 Å². The van der Waals surface area contributed by atoms with Crippen molar-refractivity contribution >= 4 is 23.4 Å². The molecule has 0 aliphatic carbocycles. The van der Waals surface area contributed by atoms with Crippen LogP contribution in [-0.4, -0.2) is 38.9 Å². The third-order valence-electron chi connectivity index (χ3n) is 7.56. The van der Waals surface area contributed by atoms with Crippen molar-refractivity contribution in [3.05, 3.63) is 89.5 Å². The highest BCUT2D eigenvalue weighted by Crippen LogP contribution is 2.49. The molecule has 2 saturated heterocycles. The molecule has 3 aromatic carbocycles. The van der Waals surface area contributed by atoms with Gasteiger partial charge in [0.15, 0.2) is 11.5 Å². The highest BCUT2D eigenvalue weighted by atomic mass is 16.3. The average Bonchev–Trinajstić information content (AvgIpc) is 3.43. The fourth-order valence-electron chi connectivity index (χ4n) is 6.06. The van der Waals surface area contributed by atoms with Gasteiger partial charge in [0.25, 0.3) is 5.91 Å². The van der Waals surface area contributed by atoms with E-state index in [4.69, 9.17) is 0 Å². The number of hydrogen-bond donors (Lipinski definition) is 4. The first-order valence-corrected chi connectivity index (χ1v) is 11.6. The molecule has 0 radical (unpaired) electrons. The lowest BCUT2D eigenvalue weighted by Gasteiger charge is -2.26. The molecule has 35 heavy (non-hydrogen) atoms. The van der Waals surface area contributed by atoms with E-state index in [0.29, 0.717) is 23.2 Å². The summed E-state index contributed by atoms with van der Waals surface area (Å²) in [4.78, 5) is 42.4. The van der Waals surface area contributed by atoms with Gasteiger partial charge in [-0.2, -0.15) is 0 Å². The number of imide groups is 1. The number of fused-ring (bicyclic) bond motifs is 4. The summed E-state index contributed by atoms with van der Waals surface area (Å²) in [7, 11) is 0. The van der Waals surface area contributed by atoms with Gasteiger partial charge >= 0.3 is 0 Å². The van der Waals surface area contributed by atoms with Crippen LogP contribution in [0.4, 0.5) is 5.69 Å². The van der Waals surface area contributed by atoms with E-state index in [-0.39, 0.29) is 35.8 Å². The number of anilines is 1. The van der Waals surface area contributed by atoms with Crippen LogP contribution < -0.4 is 10.6 Å². The maximum atomic E-state index is 13.8. The number of phenols is 2. The number of nitrogens with zero attached hydrogens (tertiary/aromatic N) is 1. The van der Waals surface area contributed by atoms with Crippen LogP contribution in [0.25, 0.3) is 0 Å². The number of likely N-dealkylation sites (tertiary alicyclic amines) is 1. The number of carbonyl (C=O) groups is 3. The number of quaternary nitrogens is 1. The fourth-order valence-corrected chi connectivity index (χ4v) is 6.06. The van der Waals surface area contributed by atoms with E-state index < -0.39 is 23.4 Å². The Kier molecular flexibility index (Phi) is 4.69. The lowest BCUT2D eigenvalue weighted by Crippen LogP contribution is -2.99. The molecular formula is C27H24N3O5+. The van der Waals surface area contributed by atoms with Crippen LogP contribution in [0, 0.1) is 11.8 Å². The largest absolute Gasteiger partial charge is 0.504 e. The van der Waals surface area contributed by atoms with Crippen LogP contribution in [0.3, 0.4) is 0 Å². The van der Waals surface area contributed by atoms with Gasteiger partial charge in [-0.15, -0.1) is 0 Å². The number of phenolic OH excluding ortho intramolecular Hbond substituents is 2. The Labute approximate surface area is 201 Å². The fraction of sp³-hybridized carbons (Fsp3) is 0.222. The van der Waals surface area contributed by atoms with Gasteiger partial charge in [-0.05, 0) is 29.3 Å². The summed E-state index contributed by atoms with van der Waals surface area (Å²) in [5.41, 5.74) is 1.65. The van der Waals surface area contributed by atoms with Gasteiger partial charge < -0.3 is 20.8 Å². The molecule has 0 unspecified atom stereocenters. The Morgan fingerprint density at radius 1 is 0.857 bits per heavy atom. The van der Waals surface area contributed by atoms with Crippen LogP contribution in [0.1, 0.15) is 16.7 Å². The van der Waals surface area contributed by atoms with Crippen LogP contribution in [0.2, 0.25) is 0 Å². The third kappa shape index (κ3) is 3.06. The van der Waals surface area contributed by atoms with Crippen molar-refractivity contribution in [2.45, 2.75) is 24.5 Å². The van der Waals surface area contributed by atoms with Crippen molar-refractivity contribution in [3.63, 3.8) is 0 Å².